The van der Waals surface area contributed by atoms with Crippen molar-refractivity contribution < 1.29 is 28.2 Å². The molecule has 0 unspecified atom stereocenters. The lowest BCUT2D eigenvalue weighted by Gasteiger charge is -2.15. The molecule has 11 heteroatoms. The van der Waals surface area contributed by atoms with Gasteiger partial charge in [-0.3, -0.25) is 9.59 Å². The molecule has 0 bridgehead atoms. The largest absolute Gasteiger partial charge is 0.480 e. The van der Waals surface area contributed by atoms with Crippen LogP contribution in [0.2, 0.25) is 0 Å². The van der Waals surface area contributed by atoms with Crippen LogP contribution in [-0.2, 0) is 19.6 Å². The molecular weight excluding hydrogens is 412 g/mol. The van der Waals surface area contributed by atoms with Crippen molar-refractivity contribution in [3.63, 3.8) is 0 Å². The van der Waals surface area contributed by atoms with Crippen molar-refractivity contribution in [2.75, 3.05) is 11.5 Å². The van der Waals surface area contributed by atoms with Crippen LogP contribution in [-0.4, -0.2) is 54.2 Å². The Kier molecular flexibility index (Phi) is 7.50. The number of fused-ring (bicyclic) bond motifs is 1. The van der Waals surface area contributed by atoms with Crippen LogP contribution in [0, 0.1) is 0 Å². The molecule has 2 aromatic carbocycles. The van der Waals surface area contributed by atoms with Gasteiger partial charge in [0.1, 0.15) is 12.1 Å². The lowest BCUT2D eigenvalue weighted by atomic mass is 10.1. The topological polar surface area (TPSA) is 147 Å². The highest BCUT2D eigenvalue weighted by atomic mass is 33.1. The Morgan fingerprint density at radius 3 is 2.30 bits per heavy atom. The van der Waals surface area contributed by atoms with Crippen LogP contribution in [0.15, 0.2) is 47.4 Å². The maximum Gasteiger partial charge on any atom is 0.322 e. The van der Waals surface area contributed by atoms with E-state index in [9.17, 15) is 23.1 Å². The van der Waals surface area contributed by atoms with Gasteiger partial charge in [0.05, 0.1) is 4.90 Å². The number of nitrogens with one attached hydrogen (secondary N) is 1. The van der Waals surface area contributed by atoms with Crippen molar-refractivity contribution in [2.45, 2.75) is 17.0 Å². The number of rotatable bonds is 10. The van der Waals surface area contributed by atoms with Crippen molar-refractivity contribution in [3.05, 3.63) is 42.5 Å². The molecule has 0 spiro atoms. The monoisotopic (exact) mass is 430 g/mol. The number of benzene rings is 2. The van der Waals surface area contributed by atoms with Gasteiger partial charge >= 0.3 is 11.9 Å². The minimum Gasteiger partial charge on any atom is -0.480 e. The van der Waals surface area contributed by atoms with E-state index in [-0.39, 0.29) is 16.4 Å². The quantitative estimate of drug-likeness (QED) is 0.324. The normalized spacial score (nSPS) is 14.0. The molecule has 2 rings (SSSR count). The van der Waals surface area contributed by atoms with Gasteiger partial charge in [-0.2, -0.15) is 4.72 Å². The highest BCUT2D eigenvalue weighted by Gasteiger charge is 2.27. The molecule has 0 aliphatic rings. The first-order chi connectivity index (χ1) is 12.7. The van der Waals surface area contributed by atoms with Crippen LogP contribution in [0.3, 0.4) is 0 Å². The molecule has 0 saturated carbocycles. The molecule has 5 N–H and O–H groups in total. The molecule has 0 radical (unpaired) electrons. The summed E-state index contributed by atoms with van der Waals surface area (Å²) in [5.74, 6) is -2.50. The number of hydrogen-bond donors (Lipinski definition) is 4. The van der Waals surface area contributed by atoms with Gasteiger partial charge in [-0.1, -0.05) is 58.0 Å². The van der Waals surface area contributed by atoms with Crippen LogP contribution in [0.5, 0.6) is 0 Å². The van der Waals surface area contributed by atoms with Crippen molar-refractivity contribution in [2.24, 2.45) is 5.73 Å². The van der Waals surface area contributed by atoms with Crippen molar-refractivity contribution in [1.82, 2.24) is 4.72 Å². The summed E-state index contributed by atoms with van der Waals surface area (Å²) in [5, 5.41) is 19.2. The fourth-order valence-electron chi connectivity index (χ4n) is 2.15. The average molecular weight is 431 g/mol. The molecule has 0 amide bonds. The molecular formula is C16H18N2O6S3. The van der Waals surface area contributed by atoms with Crippen LogP contribution in [0.25, 0.3) is 10.8 Å². The molecule has 146 valence electrons. The Hall–Kier alpha value is -1.79. The zero-order valence-corrected chi connectivity index (χ0v) is 16.4. The van der Waals surface area contributed by atoms with E-state index < -0.39 is 34.0 Å². The SMILES string of the molecule is N[C@@H](CSSC[C@H](NS(=O)(=O)c1cccc2ccccc12)C(=O)O)C(=O)O. The maximum atomic E-state index is 12.7. The van der Waals surface area contributed by atoms with Gasteiger partial charge in [-0.15, -0.1) is 0 Å². The lowest BCUT2D eigenvalue weighted by molar-refractivity contribution is -0.139. The third kappa shape index (κ3) is 5.84. The first kappa shape index (κ1) is 21.5. The second-order valence-corrected chi connectivity index (χ2v) is 9.74. The van der Waals surface area contributed by atoms with Crippen LogP contribution in [0.1, 0.15) is 0 Å². The molecule has 2 atom stereocenters. The first-order valence-corrected chi connectivity index (χ1v) is 11.6. The predicted octanol–water partition coefficient (Wildman–Crippen LogP) is 1.36. The van der Waals surface area contributed by atoms with Crippen LogP contribution in [0.4, 0.5) is 0 Å². The summed E-state index contributed by atoms with van der Waals surface area (Å²) >= 11 is 0. The van der Waals surface area contributed by atoms with E-state index in [1.165, 1.54) is 6.07 Å². The molecule has 2 aromatic rings. The minimum absolute atomic E-state index is 0.00241. The van der Waals surface area contributed by atoms with E-state index >= 15 is 0 Å². The third-order valence-electron chi connectivity index (χ3n) is 3.52. The van der Waals surface area contributed by atoms with Crippen molar-refractivity contribution in [3.8, 4) is 0 Å². The molecule has 0 aliphatic carbocycles. The van der Waals surface area contributed by atoms with Gasteiger partial charge in [0, 0.05) is 16.9 Å². The number of aliphatic carboxylic acids is 2. The second-order valence-electron chi connectivity index (χ2n) is 5.50. The summed E-state index contributed by atoms with van der Waals surface area (Å²) in [5.41, 5.74) is 5.36. The molecule has 0 aliphatic heterocycles. The van der Waals surface area contributed by atoms with E-state index in [1.807, 2.05) is 0 Å². The van der Waals surface area contributed by atoms with Gasteiger partial charge in [0.15, 0.2) is 0 Å². The smallest absolute Gasteiger partial charge is 0.322 e. The molecule has 27 heavy (non-hydrogen) atoms. The third-order valence-corrected chi connectivity index (χ3v) is 7.50. The Bertz CT molecular complexity index is 929. The fraction of sp³-hybridized carbons (Fsp3) is 0.250. The lowest BCUT2D eigenvalue weighted by Crippen LogP contribution is -2.42. The number of carboxylic acids is 2. The summed E-state index contributed by atoms with van der Waals surface area (Å²) in [4.78, 5) is 22.1. The zero-order valence-electron chi connectivity index (χ0n) is 13.9. The predicted molar refractivity (Wildman–Crippen MR) is 106 cm³/mol. The Labute approximate surface area is 164 Å². The second kappa shape index (κ2) is 9.42. The molecule has 0 heterocycles. The maximum absolute atomic E-state index is 12.7. The fourth-order valence-corrected chi connectivity index (χ4v) is 5.94. The first-order valence-electron chi connectivity index (χ1n) is 7.68. The van der Waals surface area contributed by atoms with Gasteiger partial charge in [0.25, 0.3) is 0 Å². The van der Waals surface area contributed by atoms with E-state index in [2.05, 4.69) is 4.72 Å². The van der Waals surface area contributed by atoms with Gasteiger partial charge < -0.3 is 15.9 Å². The van der Waals surface area contributed by atoms with Gasteiger partial charge in [-0.05, 0) is 11.5 Å². The number of carbonyl (C=O) groups is 2. The van der Waals surface area contributed by atoms with E-state index in [0.717, 1.165) is 27.0 Å². The number of sulfonamides is 1. The van der Waals surface area contributed by atoms with Gasteiger partial charge in [-0.25, -0.2) is 8.42 Å². The Morgan fingerprint density at radius 1 is 1.00 bits per heavy atom. The number of nitrogens with two attached hydrogens (primary N) is 1. The highest BCUT2D eigenvalue weighted by molar-refractivity contribution is 8.76. The Morgan fingerprint density at radius 2 is 1.63 bits per heavy atom. The number of carboxylic acid groups (broad SMARTS) is 2. The molecule has 0 fully saturated rings. The summed E-state index contributed by atoms with van der Waals surface area (Å²) in [6.07, 6.45) is 0. The summed E-state index contributed by atoms with van der Waals surface area (Å²) in [6.45, 7) is 0. The minimum atomic E-state index is -4.07. The van der Waals surface area contributed by atoms with Crippen LogP contribution >= 0.6 is 21.6 Å². The van der Waals surface area contributed by atoms with E-state index in [0.29, 0.717) is 5.39 Å². The standard InChI is InChI=1S/C16H18N2O6S3/c17-12(15(19)20)8-25-26-9-13(16(21)22)18-27(23,24)14-7-3-5-10-4-1-2-6-11(10)14/h1-7,12-13,18H,8-9,17H2,(H,19,20)(H,21,22)/t12-,13-/m0/s1. The summed E-state index contributed by atoms with van der Waals surface area (Å²) in [7, 11) is -1.96. The zero-order chi connectivity index (χ0) is 20.0. The average Bonchev–Trinajstić information content (AvgIpc) is 2.63. The van der Waals surface area contributed by atoms with Gasteiger partial charge in [0.2, 0.25) is 10.0 Å². The molecule has 0 saturated heterocycles. The van der Waals surface area contributed by atoms with E-state index in [4.69, 9.17) is 10.8 Å². The summed E-state index contributed by atoms with van der Waals surface area (Å²) < 4.78 is 27.6. The van der Waals surface area contributed by atoms with Crippen LogP contribution < -0.4 is 10.5 Å². The number of hydrogen-bond acceptors (Lipinski definition) is 7. The van der Waals surface area contributed by atoms with Crippen molar-refractivity contribution >= 4 is 54.3 Å². The van der Waals surface area contributed by atoms with E-state index in [1.54, 1.807) is 36.4 Å². The summed E-state index contributed by atoms with van der Waals surface area (Å²) in [6, 6.07) is 9.23. The Balaban J connectivity index is 2.10. The van der Waals surface area contributed by atoms with Crippen molar-refractivity contribution in [1.29, 1.82) is 0 Å². The molecule has 8 nitrogen and oxygen atoms in total. The highest BCUT2D eigenvalue weighted by Crippen LogP contribution is 2.25. The molecule has 0 aromatic heterocycles.